The molecular weight excluding hydrogens is 606 g/mol. The zero-order valence-corrected chi connectivity index (χ0v) is 27.1. The van der Waals surface area contributed by atoms with Crippen LogP contribution in [0.1, 0.15) is 35.3 Å². The van der Waals surface area contributed by atoms with Crippen molar-refractivity contribution in [2.75, 3.05) is 24.2 Å². The number of hydrogen-bond acceptors (Lipinski definition) is 7. The van der Waals surface area contributed by atoms with Crippen molar-refractivity contribution < 1.29 is 33.0 Å². The maximum atomic E-state index is 13.6. The van der Waals surface area contributed by atoms with Gasteiger partial charge in [0.1, 0.15) is 5.75 Å². The number of carboxylic acid groups (broad SMARTS) is 1. The fourth-order valence-corrected chi connectivity index (χ4v) is 5.89. The van der Waals surface area contributed by atoms with E-state index in [0.29, 0.717) is 17.8 Å². The first-order valence-corrected chi connectivity index (χ1v) is 16.4. The van der Waals surface area contributed by atoms with Gasteiger partial charge in [-0.25, -0.2) is 12.7 Å². The normalized spacial score (nSPS) is 12.5. The van der Waals surface area contributed by atoms with Crippen LogP contribution in [-0.4, -0.2) is 63.1 Å². The molecule has 0 aliphatic heterocycles. The van der Waals surface area contributed by atoms with Crippen LogP contribution in [0.2, 0.25) is 0 Å². The molecule has 4 N–H and O–H groups in total. The molecule has 0 saturated carbocycles. The number of rotatable bonds is 13. The predicted molar refractivity (Wildman–Crippen MR) is 180 cm³/mol. The molecule has 0 fully saturated rings. The molecule has 11 heteroatoms. The maximum Gasteiger partial charge on any atom is 0.290 e. The van der Waals surface area contributed by atoms with Gasteiger partial charge in [-0.2, -0.15) is 0 Å². The van der Waals surface area contributed by atoms with E-state index in [0.717, 1.165) is 23.1 Å². The zero-order chi connectivity index (χ0) is 33.7. The number of methoxy groups -OCH3 is 1. The molecule has 1 amide bonds. The minimum Gasteiger partial charge on any atom is -0.497 e. The number of anilines is 2. The Balaban J connectivity index is 0.00000185. The maximum absolute atomic E-state index is 13.6. The standard InChI is InChI=1S/C34H39N3O5S.CH2O2/c1-34(2,27-16-12-20-30(23-27)42-3)35-24-32(38)31(21-25-13-7-5-8-14-25)36-33(39)26-15-11-19-29(22-26)37(43(4,40)41)28-17-9-6-10-18-28;2-1-3/h5-20,22-23,31-32,35,38H,21,24H2,1-4H3,(H,36,39);1H,(H,2,3)/t31-,32+;/m0./s1. The van der Waals surface area contributed by atoms with Gasteiger partial charge < -0.3 is 25.6 Å². The number of nitrogens with zero attached hydrogens (tertiary/aromatic N) is 1. The minimum absolute atomic E-state index is 0.206. The summed E-state index contributed by atoms with van der Waals surface area (Å²) in [6.07, 6.45) is 0.585. The van der Waals surface area contributed by atoms with Crippen molar-refractivity contribution in [3.8, 4) is 5.75 Å². The van der Waals surface area contributed by atoms with Crippen LogP contribution in [0.25, 0.3) is 0 Å². The second-order valence-corrected chi connectivity index (χ2v) is 12.9. The first-order chi connectivity index (χ1) is 21.9. The van der Waals surface area contributed by atoms with E-state index >= 15 is 0 Å². The van der Waals surface area contributed by atoms with Crippen LogP contribution < -0.4 is 19.7 Å². The van der Waals surface area contributed by atoms with Gasteiger partial charge in [0, 0.05) is 17.6 Å². The van der Waals surface area contributed by atoms with Crippen LogP contribution in [0.15, 0.2) is 109 Å². The summed E-state index contributed by atoms with van der Waals surface area (Å²) in [5, 5.41) is 24.7. The molecule has 0 aliphatic carbocycles. The molecule has 0 radical (unpaired) electrons. The van der Waals surface area contributed by atoms with Gasteiger partial charge in [-0.1, -0.05) is 66.7 Å². The van der Waals surface area contributed by atoms with Crippen molar-refractivity contribution in [2.24, 2.45) is 0 Å². The summed E-state index contributed by atoms with van der Waals surface area (Å²) in [5.74, 6) is 0.321. The first-order valence-electron chi connectivity index (χ1n) is 14.5. The zero-order valence-electron chi connectivity index (χ0n) is 26.3. The third-order valence-electron chi connectivity index (χ3n) is 7.29. The average molecular weight is 648 g/mol. The minimum atomic E-state index is -3.69. The number of ether oxygens (including phenoxy) is 1. The van der Waals surface area contributed by atoms with Crippen molar-refractivity contribution in [3.63, 3.8) is 0 Å². The van der Waals surface area contributed by atoms with Crippen molar-refractivity contribution >= 4 is 33.8 Å². The molecule has 4 aromatic rings. The van der Waals surface area contributed by atoms with Gasteiger partial charge in [0.25, 0.3) is 12.4 Å². The van der Waals surface area contributed by atoms with Gasteiger partial charge in [0.15, 0.2) is 0 Å². The Hall–Kier alpha value is -4.71. The number of benzene rings is 4. The highest BCUT2D eigenvalue weighted by molar-refractivity contribution is 7.92. The number of sulfonamides is 1. The van der Waals surface area contributed by atoms with Crippen molar-refractivity contribution in [2.45, 2.75) is 38.0 Å². The number of aliphatic hydroxyl groups excluding tert-OH is 1. The Morgan fingerprint density at radius 2 is 1.50 bits per heavy atom. The number of carbonyl (C=O) groups excluding carboxylic acids is 1. The topological polar surface area (TPSA) is 145 Å². The Bertz CT molecular complexity index is 1670. The van der Waals surface area contributed by atoms with E-state index < -0.39 is 33.6 Å². The van der Waals surface area contributed by atoms with E-state index in [1.807, 2.05) is 68.4 Å². The lowest BCUT2D eigenvalue weighted by Gasteiger charge is -2.31. The highest BCUT2D eigenvalue weighted by Crippen LogP contribution is 2.29. The Kier molecular flexibility index (Phi) is 12.9. The third-order valence-corrected chi connectivity index (χ3v) is 8.37. The fraction of sp³-hybridized carbons (Fsp3) is 0.257. The van der Waals surface area contributed by atoms with Crippen LogP contribution in [0, 0.1) is 0 Å². The molecule has 0 heterocycles. The number of nitrogens with one attached hydrogen (secondary N) is 2. The third kappa shape index (κ3) is 10.2. The van der Waals surface area contributed by atoms with E-state index in [1.165, 1.54) is 4.31 Å². The van der Waals surface area contributed by atoms with Gasteiger partial charge in [-0.3, -0.25) is 9.59 Å². The second-order valence-electron chi connectivity index (χ2n) is 11.1. The van der Waals surface area contributed by atoms with Crippen LogP contribution in [0.4, 0.5) is 11.4 Å². The molecule has 46 heavy (non-hydrogen) atoms. The van der Waals surface area contributed by atoms with Gasteiger partial charge in [-0.15, -0.1) is 0 Å². The second kappa shape index (κ2) is 16.6. The van der Waals surface area contributed by atoms with Crippen LogP contribution in [0.5, 0.6) is 5.75 Å². The first kappa shape index (κ1) is 35.8. The van der Waals surface area contributed by atoms with E-state index in [-0.39, 0.29) is 18.6 Å². The highest BCUT2D eigenvalue weighted by atomic mass is 32.2. The number of carbonyl (C=O) groups is 2. The summed E-state index contributed by atoms with van der Waals surface area (Å²) in [5.41, 5.74) is 2.54. The summed E-state index contributed by atoms with van der Waals surface area (Å²) >= 11 is 0. The molecule has 0 spiro atoms. The molecule has 0 bridgehead atoms. The van der Waals surface area contributed by atoms with Crippen molar-refractivity contribution in [1.29, 1.82) is 0 Å². The molecule has 2 atom stereocenters. The van der Waals surface area contributed by atoms with E-state index in [9.17, 15) is 18.3 Å². The fourth-order valence-electron chi connectivity index (χ4n) is 4.89. The SMILES string of the molecule is COc1cccc(C(C)(C)NC[C@@H](O)[C@H](Cc2ccccc2)NC(=O)c2cccc(N(c3ccccc3)S(C)(=O)=O)c2)c1.O=CO. The number of aliphatic hydroxyl groups is 1. The number of hydrogen-bond donors (Lipinski definition) is 4. The average Bonchev–Trinajstić information content (AvgIpc) is 3.04. The van der Waals surface area contributed by atoms with Gasteiger partial charge in [0.2, 0.25) is 10.0 Å². The molecule has 4 rings (SSSR count). The van der Waals surface area contributed by atoms with E-state index in [1.54, 1.807) is 61.7 Å². The van der Waals surface area contributed by atoms with Gasteiger partial charge >= 0.3 is 0 Å². The van der Waals surface area contributed by atoms with Gasteiger partial charge in [-0.05, 0) is 73.9 Å². The predicted octanol–water partition coefficient (Wildman–Crippen LogP) is 4.72. The molecule has 0 aliphatic rings. The van der Waals surface area contributed by atoms with Crippen molar-refractivity contribution in [3.05, 3.63) is 126 Å². The van der Waals surface area contributed by atoms with Crippen LogP contribution >= 0.6 is 0 Å². The Morgan fingerprint density at radius 1 is 0.913 bits per heavy atom. The molecule has 0 aromatic heterocycles. The summed E-state index contributed by atoms with van der Waals surface area (Å²) in [4.78, 5) is 21.9. The molecule has 0 unspecified atom stereocenters. The lowest BCUT2D eigenvalue weighted by Crippen LogP contribution is -2.51. The van der Waals surface area contributed by atoms with E-state index in [4.69, 9.17) is 14.6 Å². The Morgan fingerprint density at radius 3 is 2.11 bits per heavy atom. The monoisotopic (exact) mass is 647 g/mol. The lowest BCUT2D eigenvalue weighted by molar-refractivity contribution is -0.122. The molecule has 4 aromatic carbocycles. The smallest absolute Gasteiger partial charge is 0.290 e. The molecule has 10 nitrogen and oxygen atoms in total. The van der Waals surface area contributed by atoms with Crippen LogP contribution in [0.3, 0.4) is 0 Å². The quantitative estimate of drug-likeness (QED) is 0.153. The molecule has 0 saturated heterocycles. The Labute approximate surface area is 270 Å². The van der Waals surface area contributed by atoms with Crippen molar-refractivity contribution in [1.82, 2.24) is 10.6 Å². The lowest BCUT2D eigenvalue weighted by atomic mass is 9.93. The number of para-hydroxylation sites is 1. The summed E-state index contributed by atoms with van der Waals surface area (Å²) in [6.45, 7) is 3.99. The number of amides is 1. The molecular formula is C35H41N3O7S. The van der Waals surface area contributed by atoms with Crippen LogP contribution in [-0.2, 0) is 26.8 Å². The molecule has 244 valence electrons. The summed E-state index contributed by atoms with van der Waals surface area (Å²) in [7, 11) is -2.07. The summed E-state index contributed by atoms with van der Waals surface area (Å²) in [6, 6.07) is 31.9. The van der Waals surface area contributed by atoms with Gasteiger partial charge in [0.05, 0.1) is 36.9 Å². The summed E-state index contributed by atoms with van der Waals surface area (Å²) < 4.78 is 32.1. The highest BCUT2D eigenvalue weighted by Gasteiger charge is 2.27. The van der Waals surface area contributed by atoms with E-state index in [2.05, 4.69) is 10.6 Å². The largest absolute Gasteiger partial charge is 0.497 e.